The molecule has 1 aromatic carbocycles. The summed E-state index contributed by atoms with van der Waals surface area (Å²) in [6.07, 6.45) is 1.61. The van der Waals surface area contributed by atoms with E-state index in [1.54, 1.807) is 12.3 Å². The van der Waals surface area contributed by atoms with Gasteiger partial charge in [0.1, 0.15) is 5.69 Å². The number of aromatic nitrogens is 2. The molecule has 0 fully saturated rings. The van der Waals surface area contributed by atoms with Gasteiger partial charge in [-0.2, -0.15) is 0 Å². The molecule has 0 saturated carbocycles. The Morgan fingerprint density at radius 3 is 2.62 bits per heavy atom. The smallest absolute Gasteiger partial charge is 0.274 e. The van der Waals surface area contributed by atoms with Crippen molar-refractivity contribution in [2.45, 2.75) is 13.8 Å². The first-order valence-electron chi connectivity index (χ1n) is 6.79. The molecular formula is C15H17BrN4O. The Labute approximate surface area is 132 Å². The van der Waals surface area contributed by atoms with Crippen LogP contribution in [0.25, 0.3) is 0 Å². The molecule has 0 aliphatic carbocycles. The Kier molecular flexibility index (Phi) is 5.27. The Bertz CT molecular complexity index is 629. The number of amides is 1. The first-order chi connectivity index (χ1) is 10.2. The highest BCUT2D eigenvalue weighted by molar-refractivity contribution is 9.10. The molecule has 0 radical (unpaired) electrons. The first kappa shape index (κ1) is 15.4. The molecule has 110 valence electrons. The molecule has 5 nitrogen and oxygen atoms in total. The van der Waals surface area contributed by atoms with Crippen molar-refractivity contribution in [3.63, 3.8) is 0 Å². The Morgan fingerprint density at radius 2 is 1.95 bits per heavy atom. The predicted octanol–water partition coefficient (Wildman–Crippen LogP) is 3.34. The van der Waals surface area contributed by atoms with Crippen LogP contribution < -0.4 is 10.2 Å². The highest BCUT2D eigenvalue weighted by atomic mass is 79.9. The van der Waals surface area contributed by atoms with E-state index >= 15 is 0 Å². The van der Waals surface area contributed by atoms with Crippen LogP contribution in [0.5, 0.6) is 0 Å². The number of nitrogens with zero attached hydrogens (tertiary/aromatic N) is 3. The van der Waals surface area contributed by atoms with Gasteiger partial charge in [-0.15, -0.1) is 0 Å². The van der Waals surface area contributed by atoms with Crippen molar-refractivity contribution in [1.29, 1.82) is 0 Å². The lowest BCUT2D eigenvalue weighted by molar-refractivity contribution is 0.102. The molecule has 1 heterocycles. The van der Waals surface area contributed by atoms with Crippen LogP contribution in [0.1, 0.15) is 24.3 Å². The summed E-state index contributed by atoms with van der Waals surface area (Å²) in [6, 6.07) is 9.06. The van der Waals surface area contributed by atoms with Gasteiger partial charge in [-0.3, -0.25) is 4.79 Å². The third-order valence-corrected chi connectivity index (χ3v) is 3.74. The Hall–Kier alpha value is -1.95. The number of anilines is 2. The number of para-hydroxylation sites is 1. The third-order valence-electron chi connectivity index (χ3n) is 3.04. The molecule has 6 heteroatoms. The van der Waals surface area contributed by atoms with Gasteiger partial charge in [0.15, 0.2) is 0 Å². The molecule has 2 rings (SSSR count). The molecule has 1 aromatic heterocycles. The number of carbonyl (C=O) groups excluding carboxylic acids is 1. The van der Waals surface area contributed by atoms with Gasteiger partial charge < -0.3 is 10.2 Å². The molecule has 0 bridgehead atoms. The predicted molar refractivity (Wildman–Crippen MR) is 87.7 cm³/mol. The number of halogens is 1. The van der Waals surface area contributed by atoms with E-state index in [1.165, 1.54) is 0 Å². The van der Waals surface area contributed by atoms with Crippen LogP contribution in [-0.4, -0.2) is 29.0 Å². The summed E-state index contributed by atoms with van der Waals surface area (Å²) in [5.74, 6) is 0.317. The standard InChI is InChI=1S/C15H17BrN4O/c1-3-20(4-2)15-17-10-9-13(19-15)14(21)18-12-8-6-5-7-11(12)16/h5-10H,3-4H2,1-2H3,(H,18,21). The van der Waals surface area contributed by atoms with Crippen molar-refractivity contribution < 1.29 is 4.79 Å². The van der Waals surface area contributed by atoms with Gasteiger partial charge in [0.25, 0.3) is 5.91 Å². The summed E-state index contributed by atoms with van der Waals surface area (Å²) in [7, 11) is 0. The number of hydrogen-bond donors (Lipinski definition) is 1. The maximum atomic E-state index is 12.3. The number of benzene rings is 1. The van der Waals surface area contributed by atoms with Gasteiger partial charge in [-0.05, 0) is 48.0 Å². The summed E-state index contributed by atoms with van der Waals surface area (Å²) < 4.78 is 0.830. The largest absolute Gasteiger partial charge is 0.341 e. The quantitative estimate of drug-likeness (QED) is 0.900. The van der Waals surface area contributed by atoms with E-state index in [1.807, 2.05) is 43.0 Å². The van der Waals surface area contributed by atoms with E-state index < -0.39 is 0 Å². The molecule has 2 aromatic rings. The molecule has 0 aliphatic rings. The Balaban J connectivity index is 2.20. The maximum absolute atomic E-state index is 12.3. The Morgan fingerprint density at radius 1 is 1.24 bits per heavy atom. The van der Waals surface area contributed by atoms with E-state index in [2.05, 4.69) is 31.2 Å². The number of hydrogen-bond acceptors (Lipinski definition) is 4. The molecule has 1 amide bonds. The normalized spacial score (nSPS) is 10.2. The molecule has 0 aliphatic heterocycles. The van der Waals surface area contributed by atoms with Crippen molar-refractivity contribution in [3.8, 4) is 0 Å². The number of carbonyl (C=O) groups is 1. The number of nitrogens with one attached hydrogen (secondary N) is 1. The molecule has 0 atom stereocenters. The fraction of sp³-hybridized carbons (Fsp3) is 0.267. The minimum atomic E-state index is -0.252. The maximum Gasteiger partial charge on any atom is 0.274 e. The monoisotopic (exact) mass is 348 g/mol. The lowest BCUT2D eigenvalue weighted by Gasteiger charge is -2.18. The topological polar surface area (TPSA) is 58.1 Å². The zero-order valence-corrected chi connectivity index (χ0v) is 13.6. The van der Waals surface area contributed by atoms with E-state index in [0.717, 1.165) is 17.6 Å². The van der Waals surface area contributed by atoms with Gasteiger partial charge in [0, 0.05) is 23.8 Å². The second-order valence-corrected chi connectivity index (χ2v) is 5.20. The fourth-order valence-corrected chi connectivity index (χ4v) is 2.27. The summed E-state index contributed by atoms with van der Waals surface area (Å²) >= 11 is 3.40. The van der Waals surface area contributed by atoms with Crippen molar-refractivity contribution in [3.05, 3.63) is 46.7 Å². The van der Waals surface area contributed by atoms with Crippen molar-refractivity contribution in [2.75, 3.05) is 23.3 Å². The van der Waals surface area contributed by atoms with E-state index in [0.29, 0.717) is 17.3 Å². The van der Waals surface area contributed by atoms with Gasteiger partial charge in [0.05, 0.1) is 5.69 Å². The molecular weight excluding hydrogens is 332 g/mol. The van der Waals surface area contributed by atoms with Gasteiger partial charge in [-0.1, -0.05) is 12.1 Å². The average molecular weight is 349 g/mol. The van der Waals surface area contributed by atoms with Crippen LogP contribution in [0.15, 0.2) is 41.0 Å². The summed E-state index contributed by atoms with van der Waals surface area (Å²) in [5, 5.41) is 2.83. The van der Waals surface area contributed by atoms with Crippen LogP contribution in [-0.2, 0) is 0 Å². The van der Waals surface area contributed by atoms with Gasteiger partial charge >= 0.3 is 0 Å². The zero-order valence-electron chi connectivity index (χ0n) is 12.0. The van der Waals surface area contributed by atoms with E-state index in [4.69, 9.17) is 0 Å². The third kappa shape index (κ3) is 3.78. The minimum absolute atomic E-state index is 0.252. The second kappa shape index (κ2) is 7.17. The highest BCUT2D eigenvalue weighted by Gasteiger charge is 2.12. The van der Waals surface area contributed by atoms with Crippen molar-refractivity contribution in [1.82, 2.24) is 9.97 Å². The molecule has 21 heavy (non-hydrogen) atoms. The second-order valence-electron chi connectivity index (χ2n) is 4.35. The van der Waals surface area contributed by atoms with E-state index in [9.17, 15) is 4.79 Å². The molecule has 0 unspecified atom stereocenters. The zero-order chi connectivity index (χ0) is 15.2. The van der Waals surface area contributed by atoms with Crippen LogP contribution in [0.3, 0.4) is 0 Å². The lowest BCUT2D eigenvalue weighted by Crippen LogP contribution is -2.25. The minimum Gasteiger partial charge on any atom is -0.341 e. The highest BCUT2D eigenvalue weighted by Crippen LogP contribution is 2.21. The number of rotatable bonds is 5. The fourth-order valence-electron chi connectivity index (χ4n) is 1.88. The summed E-state index contributed by atoms with van der Waals surface area (Å²) in [4.78, 5) is 22.8. The molecule has 1 N–H and O–H groups in total. The lowest BCUT2D eigenvalue weighted by atomic mass is 10.3. The van der Waals surface area contributed by atoms with Gasteiger partial charge in [0.2, 0.25) is 5.95 Å². The van der Waals surface area contributed by atoms with Gasteiger partial charge in [-0.25, -0.2) is 9.97 Å². The van der Waals surface area contributed by atoms with Crippen molar-refractivity contribution >= 4 is 33.5 Å². The molecule has 0 saturated heterocycles. The molecule has 0 spiro atoms. The first-order valence-corrected chi connectivity index (χ1v) is 7.58. The van der Waals surface area contributed by atoms with Crippen LogP contribution in [0.4, 0.5) is 11.6 Å². The summed E-state index contributed by atoms with van der Waals surface area (Å²) in [5.41, 5.74) is 1.06. The van der Waals surface area contributed by atoms with Crippen LogP contribution in [0.2, 0.25) is 0 Å². The average Bonchev–Trinajstić information content (AvgIpc) is 2.51. The SMILES string of the molecule is CCN(CC)c1nccc(C(=O)Nc2ccccc2Br)n1. The van der Waals surface area contributed by atoms with Crippen molar-refractivity contribution in [2.24, 2.45) is 0 Å². The van der Waals surface area contributed by atoms with E-state index in [-0.39, 0.29) is 5.91 Å². The summed E-state index contributed by atoms with van der Waals surface area (Å²) in [6.45, 7) is 5.65. The van der Waals surface area contributed by atoms with Crippen LogP contribution in [0, 0.1) is 0 Å². The van der Waals surface area contributed by atoms with Crippen LogP contribution >= 0.6 is 15.9 Å².